The summed E-state index contributed by atoms with van der Waals surface area (Å²) in [6.45, 7) is 0.137. The average Bonchev–Trinajstić information content (AvgIpc) is 2.08. The summed E-state index contributed by atoms with van der Waals surface area (Å²) in [6.07, 6.45) is 0.270. The summed E-state index contributed by atoms with van der Waals surface area (Å²) in [4.78, 5) is 14.8. The molecule has 0 spiro atoms. The topological polar surface area (TPSA) is 216 Å². The second-order valence-corrected chi connectivity index (χ2v) is 3.46. The van der Waals surface area contributed by atoms with Crippen LogP contribution in [0.15, 0.2) is 5.16 Å². The van der Waals surface area contributed by atoms with Crippen molar-refractivity contribution in [2.75, 3.05) is 6.61 Å². The first kappa shape index (κ1) is 17.8. The van der Waals surface area contributed by atoms with Crippen LogP contribution in [0.2, 0.25) is 0 Å². The highest BCUT2D eigenvalue weighted by molar-refractivity contribution is 7.79. The molecule has 12 heteroatoms. The van der Waals surface area contributed by atoms with E-state index in [-0.39, 0.29) is 19.0 Å². The number of aliphatic carboxylic acids is 1. The minimum atomic E-state index is -4.92. The smallest absolute Gasteiger partial charge is 0.362 e. The molecule has 102 valence electrons. The zero-order valence-electron chi connectivity index (χ0n) is 8.64. The molecule has 0 aliphatic heterocycles. The van der Waals surface area contributed by atoms with Crippen LogP contribution in [0, 0.1) is 0 Å². The van der Waals surface area contributed by atoms with Gasteiger partial charge in [-0.25, -0.2) is 13.2 Å². The fourth-order valence-electron chi connectivity index (χ4n) is 0.439. The molecular weight excluding hydrogens is 260 g/mol. The molecule has 0 rings (SSSR count). The first-order valence-electron chi connectivity index (χ1n) is 3.99. The Bertz CT molecular complexity index is 341. The molecular formula is C5H14N4O7S. The number of carboxylic acids is 1. The van der Waals surface area contributed by atoms with Gasteiger partial charge in [-0.2, -0.15) is 0 Å². The van der Waals surface area contributed by atoms with E-state index >= 15 is 0 Å². The van der Waals surface area contributed by atoms with Gasteiger partial charge in [0.05, 0.1) is 0 Å². The quantitative estimate of drug-likeness (QED) is 0.0829. The maximum atomic E-state index is 10.2. The third kappa shape index (κ3) is 25.0. The molecule has 1 atom stereocenters. The number of nitrogens with zero attached hydrogens (tertiary/aromatic N) is 1. The van der Waals surface area contributed by atoms with Crippen molar-refractivity contribution in [1.82, 2.24) is 0 Å². The van der Waals surface area contributed by atoms with Crippen LogP contribution in [-0.2, 0) is 20.0 Å². The summed E-state index contributed by atoms with van der Waals surface area (Å²) in [5.41, 5.74) is 13.2. The van der Waals surface area contributed by atoms with Crippen LogP contribution in [0.5, 0.6) is 0 Å². The lowest BCUT2D eigenvalue weighted by atomic mass is 10.2. The lowest BCUT2D eigenvalue weighted by Gasteiger charge is -2.01. The molecule has 0 aromatic carbocycles. The summed E-state index contributed by atoms with van der Waals surface area (Å²) < 4.78 is 32.8. The molecule has 0 aromatic rings. The highest BCUT2D eigenvalue weighted by atomic mass is 32.3. The number of oxime groups is 1. The maximum Gasteiger partial charge on any atom is 0.362 e. The van der Waals surface area contributed by atoms with Crippen molar-refractivity contribution in [1.29, 1.82) is 0 Å². The molecule has 11 nitrogen and oxygen atoms in total. The van der Waals surface area contributed by atoms with Crippen LogP contribution in [0.3, 0.4) is 0 Å². The fourth-order valence-corrected chi connectivity index (χ4v) is 0.439. The third-order valence-corrected chi connectivity index (χ3v) is 1.08. The van der Waals surface area contributed by atoms with Gasteiger partial charge in [0.1, 0.15) is 6.61 Å². The molecule has 9 N–H and O–H groups in total. The molecule has 0 aliphatic rings. The van der Waals surface area contributed by atoms with E-state index in [0.717, 1.165) is 0 Å². The minimum absolute atomic E-state index is 0.137. The van der Waals surface area contributed by atoms with Crippen LogP contribution in [-0.4, -0.2) is 47.2 Å². The maximum absolute atomic E-state index is 10.2. The van der Waals surface area contributed by atoms with Crippen LogP contribution in [0.4, 0.5) is 0 Å². The normalized spacial score (nSPS) is 11.7. The van der Waals surface area contributed by atoms with Gasteiger partial charge < -0.3 is 31.7 Å². The Balaban J connectivity index is 0. The standard InChI is InChI=1S/C5H12N4O3.H2O4S/c6-3(4(10)11)1-2-12-9-5(7)8;1-5(2,3)4/h3H,1-2,6H2,(H,10,11)(H4,7,8,9);(H2,1,2,3,4)/t3-;/m0./s1. The number of hydrogen-bond acceptors (Lipinski definition) is 6. The van der Waals surface area contributed by atoms with E-state index in [9.17, 15) is 4.79 Å². The Morgan fingerprint density at radius 2 is 1.94 bits per heavy atom. The van der Waals surface area contributed by atoms with Gasteiger partial charge in [0, 0.05) is 6.42 Å². The zero-order chi connectivity index (χ0) is 14.1. The van der Waals surface area contributed by atoms with E-state index < -0.39 is 22.4 Å². The molecule has 0 heterocycles. The molecule has 0 radical (unpaired) electrons. The number of carboxylic acid groups (broad SMARTS) is 1. The third-order valence-electron chi connectivity index (χ3n) is 1.08. The van der Waals surface area contributed by atoms with E-state index in [1.807, 2.05) is 0 Å². The molecule has 0 bridgehead atoms. The Kier molecular flexibility index (Phi) is 8.89. The van der Waals surface area contributed by atoms with Crippen molar-refractivity contribution in [2.45, 2.75) is 12.5 Å². The SMILES string of the molecule is NC(N)=NOCC[C@H]([NH3+])C(=O)O.O=S(=O)([O-])O. The second kappa shape index (κ2) is 8.51. The van der Waals surface area contributed by atoms with Crippen LogP contribution in [0.25, 0.3) is 0 Å². The predicted octanol–water partition coefficient (Wildman–Crippen LogP) is -3.72. The molecule has 0 aromatic heterocycles. The lowest BCUT2D eigenvalue weighted by Crippen LogP contribution is -2.65. The number of nitrogens with two attached hydrogens (primary N) is 2. The molecule has 0 saturated heterocycles. The highest BCUT2D eigenvalue weighted by Crippen LogP contribution is 1.87. The van der Waals surface area contributed by atoms with Gasteiger partial charge in [-0.1, -0.05) is 0 Å². The number of rotatable bonds is 5. The second-order valence-electron chi connectivity index (χ2n) is 2.60. The van der Waals surface area contributed by atoms with Crippen molar-refractivity contribution < 1.29 is 38.0 Å². The monoisotopic (exact) mass is 274 g/mol. The number of quaternary nitrogens is 1. The highest BCUT2D eigenvalue weighted by Gasteiger charge is 2.14. The Morgan fingerprint density at radius 3 is 2.24 bits per heavy atom. The summed E-state index contributed by atoms with van der Waals surface area (Å²) in [5, 5.41) is 11.6. The van der Waals surface area contributed by atoms with Crippen LogP contribution >= 0.6 is 0 Å². The first-order chi connectivity index (χ1) is 7.54. The van der Waals surface area contributed by atoms with Crippen LogP contribution < -0.4 is 17.2 Å². The lowest BCUT2D eigenvalue weighted by molar-refractivity contribution is -0.410. The summed E-state index contributed by atoms with van der Waals surface area (Å²) in [6, 6.07) is -0.695. The fraction of sp³-hybridized carbons (Fsp3) is 0.600. The average molecular weight is 274 g/mol. The predicted molar refractivity (Wildman–Crippen MR) is 53.0 cm³/mol. The number of hydrogen-bond donors (Lipinski definition) is 5. The van der Waals surface area contributed by atoms with E-state index in [2.05, 4.69) is 15.7 Å². The molecule has 0 saturated carbocycles. The van der Waals surface area contributed by atoms with E-state index in [4.69, 9.17) is 34.1 Å². The van der Waals surface area contributed by atoms with Crippen LogP contribution in [0.1, 0.15) is 6.42 Å². The summed E-state index contributed by atoms with van der Waals surface area (Å²) >= 11 is 0. The number of carbonyl (C=O) groups is 1. The Hall–Kier alpha value is -1.63. The molecule has 0 aliphatic carbocycles. The van der Waals surface area contributed by atoms with Gasteiger partial charge in [0.2, 0.25) is 16.4 Å². The molecule has 17 heavy (non-hydrogen) atoms. The van der Waals surface area contributed by atoms with Crippen molar-refractivity contribution in [3.8, 4) is 0 Å². The summed E-state index contributed by atoms with van der Waals surface area (Å²) in [7, 11) is -4.92. The number of guanidine groups is 1. The molecule has 0 unspecified atom stereocenters. The Labute approximate surface area is 96.8 Å². The van der Waals surface area contributed by atoms with E-state index in [1.165, 1.54) is 0 Å². The van der Waals surface area contributed by atoms with Crippen molar-refractivity contribution in [3.05, 3.63) is 0 Å². The van der Waals surface area contributed by atoms with Gasteiger partial charge in [0.25, 0.3) is 0 Å². The largest absolute Gasteiger partial charge is 0.726 e. The van der Waals surface area contributed by atoms with Crippen molar-refractivity contribution in [2.24, 2.45) is 16.6 Å². The van der Waals surface area contributed by atoms with Gasteiger partial charge in [-0.05, 0) is 5.16 Å². The van der Waals surface area contributed by atoms with Gasteiger partial charge >= 0.3 is 5.97 Å². The Morgan fingerprint density at radius 1 is 1.53 bits per heavy atom. The summed E-state index contributed by atoms with van der Waals surface area (Å²) in [5.74, 6) is -1.16. The first-order valence-corrected chi connectivity index (χ1v) is 5.35. The molecule has 0 fully saturated rings. The van der Waals surface area contributed by atoms with Gasteiger partial charge in [-0.15, -0.1) is 0 Å². The zero-order valence-corrected chi connectivity index (χ0v) is 9.46. The van der Waals surface area contributed by atoms with Gasteiger partial charge in [-0.3, -0.25) is 4.55 Å². The van der Waals surface area contributed by atoms with E-state index in [1.54, 1.807) is 0 Å². The molecule has 0 amide bonds. The van der Waals surface area contributed by atoms with E-state index in [0.29, 0.717) is 0 Å². The van der Waals surface area contributed by atoms with Crippen molar-refractivity contribution in [3.63, 3.8) is 0 Å². The van der Waals surface area contributed by atoms with Gasteiger partial charge in [0.15, 0.2) is 6.04 Å². The van der Waals surface area contributed by atoms with Crippen molar-refractivity contribution >= 4 is 22.3 Å². The minimum Gasteiger partial charge on any atom is -0.726 e.